The molecule has 1 amide bonds. The van der Waals surface area contributed by atoms with Crippen LogP contribution in [0.5, 0.6) is 0 Å². The number of carbonyl (C=O) groups excluding carboxylic acids is 1. The van der Waals surface area contributed by atoms with Crippen LogP contribution in [0.1, 0.15) is 6.92 Å². The molecule has 0 spiro atoms. The summed E-state index contributed by atoms with van der Waals surface area (Å²) in [7, 11) is -0.822. The smallest absolute Gasteiger partial charge is 0.236 e. The van der Waals surface area contributed by atoms with E-state index in [0.717, 1.165) is 0 Å². The van der Waals surface area contributed by atoms with Crippen molar-refractivity contribution in [3.63, 3.8) is 0 Å². The summed E-state index contributed by atoms with van der Waals surface area (Å²) in [6.07, 6.45) is 1.67. The first kappa shape index (κ1) is 13.6. The van der Waals surface area contributed by atoms with Crippen LogP contribution in [0.4, 0.5) is 0 Å². The minimum Gasteiger partial charge on any atom is -0.378 e. The third-order valence-corrected chi connectivity index (χ3v) is 3.42. The Morgan fingerprint density at radius 1 is 1.50 bits per heavy atom. The van der Waals surface area contributed by atoms with Crippen LogP contribution in [-0.4, -0.2) is 65.9 Å². The zero-order valence-electron chi connectivity index (χ0n) is 9.90. The SMILES string of the molecule is CC(CS(C)=O)NCC(=O)N1CCOCC1. The van der Waals surface area contributed by atoms with Gasteiger partial charge >= 0.3 is 0 Å². The van der Waals surface area contributed by atoms with Crippen LogP contribution in [0.15, 0.2) is 0 Å². The fraction of sp³-hybridized carbons (Fsp3) is 0.900. The maximum atomic E-state index is 11.7. The molecule has 1 fully saturated rings. The summed E-state index contributed by atoms with van der Waals surface area (Å²) in [5.74, 6) is 0.674. The fourth-order valence-corrected chi connectivity index (χ4v) is 2.42. The Labute approximate surface area is 99.0 Å². The van der Waals surface area contributed by atoms with Crippen molar-refractivity contribution in [3.8, 4) is 0 Å². The third kappa shape index (κ3) is 5.05. The van der Waals surface area contributed by atoms with E-state index in [1.54, 1.807) is 11.2 Å². The number of ether oxygens (including phenoxy) is 1. The molecule has 0 aromatic rings. The lowest BCUT2D eigenvalue weighted by Gasteiger charge is -2.27. The number of carbonyl (C=O) groups is 1. The maximum Gasteiger partial charge on any atom is 0.236 e. The number of amides is 1. The second-order valence-electron chi connectivity index (χ2n) is 4.01. The molecule has 5 nitrogen and oxygen atoms in total. The molecule has 6 heteroatoms. The van der Waals surface area contributed by atoms with Crippen LogP contribution >= 0.6 is 0 Å². The Kier molecular flexibility index (Phi) is 5.94. The van der Waals surface area contributed by atoms with Gasteiger partial charge in [-0.15, -0.1) is 0 Å². The van der Waals surface area contributed by atoms with Gasteiger partial charge in [-0.25, -0.2) is 0 Å². The molecule has 94 valence electrons. The van der Waals surface area contributed by atoms with Gasteiger partial charge in [0.05, 0.1) is 19.8 Å². The van der Waals surface area contributed by atoms with Gasteiger partial charge in [0.15, 0.2) is 0 Å². The number of nitrogens with zero attached hydrogens (tertiary/aromatic N) is 1. The minimum atomic E-state index is -0.822. The van der Waals surface area contributed by atoms with E-state index in [0.29, 0.717) is 38.6 Å². The van der Waals surface area contributed by atoms with Gasteiger partial charge in [-0.2, -0.15) is 0 Å². The van der Waals surface area contributed by atoms with E-state index < -0.39 is 10.8 Å². The maximum absolute atomic E-state index is 11.7. The van der Waals surface area contributed by atoms with Crippen molar-refractivity contribution < 1.29 is 13.7 Å². The molecule has 1 heterocycles. The van der Waals surface area contributed by atoms with Crippen LogP contribution < -0.4 is 5.32 Å². The highest BCUT2D eigenvalue weighted by Crippen LogP contribution is 1.97. The third-order valence-electron chi connectivity index (χ3n) is 2.45. The van der Waals surface area contributed by atoms with E-state index >= 15 is 0 Å². The first-order valence-electron chi connectivity index (χ1n) is 5.48. The first-order valence-corrected chi connectivity index (χ1v) is 7.21. The summed E-state index contributed by atoms with van der Waals surface area (Å²) in [4.78, 5) is 13.5. The Bertz CT molecular complexity index is 254. The predicted octanol–water partition coefficient (Wildman–Crippen LogP) is -0.798. The average Bonchev–Trinajstić information content (AvgIpc) is 2.26. The lowest BCUT2D eigenvalue weighted by atomic mass is 10.3. The number of hydrogen-bond acceptors (Lipinski definition) is 4. The van der Waals surface area contributed by atoms with Crippen LogP contribution in [0.3, 0.4) is 0 Å². The summed E-state index contributed by atoms with van der Waals surface area (Å²) >= 11 is 0. The van der Waals surface area contributed by atoms with Crippen LogP contribution in [0, 0.1) is 0 Å². The van der Waals surface area contributed by atoms with E-state index in [-0.39, 0.29) is 11.9 Å². The molecule has 0 aliphatic carbocycles. The molecule has 0 saturated carbocycles. The molecule has 1 saturated heterocycles. The van der Waals surface area contributed by atoms with E-state index in [1.807, 2.05) is 6.92 Å². The highest BCUT2D eigenvalue weighted by Gasteiger charge is 2.17. The van der Waals surface area contributed by atoms with Crippen molar-refractivity contribution in [1.82, 2.24) is 10.2 Å². The van der Waals surface area contributed by atoms with Gasteiger partial charge in [0.1, 0.15) is 0 Å². The van der Waals surface area contributed by atoms with Gasteiger partial charge in [-0.3, -0.25) is 9.00 Å². The van der Waals surface area contributed by atoms with Crippen LogP contribution in [0.25, 0.3) is 0 Å². The molecule has 0 aromatic carbocycles. The Morgan fingerprint density at radius 2 is 2.12 bits per heavy atom. The van der Waals surface area contributed by atoms with Crippen LogP contribution in [-0.2, 0) is 20.3 Å². The van der Waals surface area contributed by atoms with Gasteiger partial charge in [0, 0.05) is 41.9 Å². The number of rotatable bonds is 5. The van der Waals surface area contributed by atoms with Gasteiger partial charge in [-0.1, -0.05) is 0 Å². The van der Waals surface area contributed by atoms with E-state index in [4.69, 9.17) is 4.74 Å². The molecule has 1 N–H and O–H groups in total. The Hall–Kier alpha value is -0.460. The summed E-state index contributed by atoms with van der Waals surface area (Å²) in [5, 5.41) is 3.09. The molecule has 0 radical (unpaired) electrons. The Morgan fingerprint density at radius 3 is 2.69 bits per heavy atom. The molecule has 0 aromatic heterocycles. The molecule has 0 bridgehead atoms. The van der Waals surface area contributed by atoms with E-state index in [1.165, 1.54) is 0 Å². The topological polar surface area (TPSA) is 58.6 Å². The van der Waals surface area contributed by atoms with Gasteiger partial charge in [0.2, 0.25) is 5.91 Å². The second kappa shape index (κ2) is 6.98. The average molecular weight is 248 g/mol. The standard InChI is InChI=1S/C10H20N2O3S/c1-9(8-16(2)14)11-7-10(13)12-3-5-15-6-4-12/h9,11H,3-8H2,1-2H3. The van der Waals surface area contributed by atoms with Gasteiger partial charge in [-0.05, 0) is 6.92 Å². The zero-order chi connectivity index (χ0) is 12.0. The summed E-state index contributed by atoms with van der Waals surface area (Å²) in [6.45, 7) is 4.86. The zero-order valence-corrected chi connectivity index (χ0v) is 10.7. The molecular weight excluding hydrogens is 228 g/mol. The van der Waals surface area contributed by atoms with E-state index in [2.05, 4.69) is 5.32 Å². The second-order valence-corrected chi connectivity index (χ2v) is 5.49. The minimum absolute atomic E-state index is 0.0945. The van der Waals surface area contributed by atoms with Crippen molar-refractivity contribution in [2.75, 3.05) is 44.9 Å². The largest absolute Gasteiger partial charge is 0.378 e. The van der Waals surface area contributed by atoms with Crippen molar-refractivity contribution in [2.24, 2.45) is 0 Å². The lowest BCUT2D eigenvalue weighted by Crippen LogP contribution is -2.46. The normalized spacial score (nSPS) is 20.5. The predicted molar refractivity (Wildman–Crippen MR) is 63.8 cm³/mol. The first-order chi connectivity index (χ1) is 7.59. The van der Waals surface area contributed by atoms with Crippen LogP contribution in [0.2, 0.25) is 0 Å². The van der Waals surface area contributed by atoms with Crippen molar-refractivity contribution in [2.45, 2.75) is 13.0 Å². The summed E-state index contributed by atoms with van der Waals surface area (Å²) < 4.78 is 16.1. The monoisotopic (exact) mass is 248 g/mol. The molecule has 16 heavy (non-hydrogen) atoms. The highest BCUT2D eigenvalue weighted by molar-refractivity contribution is 7.84. The summed E-state index contributed by atoms with van der Waals surface area (Å²) in [5.41, 5.74) is 0. The van der Waals surface area contributed by atoms with E-state index in [9.17, 15) is 9.00 Å². The molecule has 1 aliphatic rings. The molecule has 1 aliphatic heterocycles. The Balaban J connectivity index is 2.20. The quantitative estimate of drug-likeness (QED) is 0.692. The number of hydrogen-bond donors (Lipinski definition) is 1. The van der Waals surface area contributed by atoms with Crippen molar-refractivity contribution in [1.29, 1.82) is 0 Å². The van der Waals surface area contributed by atoms with Gasteiger partial charge in [0.25, 0.3) is 0 Å². The molecule has 1 rings (SSSR count). The lowest BCUT2D eigenvalue weighted by molar-refractivity contribution is -0.134. The van der Waals surface area contributed by atoms with Crippen molar-refractivity contribution in [3.05, 3.63) is 0 Å². The van der Waals surface area contributed by atoms with Crippen molar-refractivity contribution >= 4 is 16.7 Å². The number of morpholine rings is 1. The fourth-order valence-electron chi connectivity index (χ4n) is 1.60. The molecular formula is C10H20N2O3S. The summed E-state index contributed by atoms with van der Waals surface area (Å²) in [6, 6.07) is 0.107. The highest BCUT2D eigenvalue weighted by atomic mass is 32.2. The number of nitrogens with one attached hydrogen (secondary N) is 1. The van der Waals surface area contributed by atoms with Gasteiger partial charge < -0.3 is 15.0 Å². The molecule has 2 atom stereocenters. The molecule has 2 unspecified atom stereocenters.